The highest BCUT2D eigenvalue weighted by atomic mass is 18.0. The molecule has 0 radical (unpaired) electrons. The summed E-state index contributed by atoms with van der Waals surface area (Å²) in [6, 6.07) is 15.7. The van der Waals surface area contributed by atoms with E-state index in [0.29, 0.717) is 0 Å². The number of fused-ring (bicyclic) bond motifs is 3. The minimum Gasteiger partial charge on any atom is -0.465 e. The summed E-state index contributed by atoms with van der Waals surface area (Å²) in [5.41, 5.74) is 2.61. The molecule has 30 nitrogen and oxygen atoms in total. The fourth-order valence-electron chi connectivity index (χ4n) is 4.51. The lowest BCUT2D eigenvalue weighted by molar-refractivity contribution is -0.870. The van der Waals surface area contributed by atoms with Crippen LogP contribution < -0.4 is 0 Å². The van der Waals surface area contributed by atoms with Gasteiger partial charge in [-0.2, -0.15) is 0 Å². The predicted molar refractivity (Wildman–Crippen MR) is 147 cm³/mol. The van der Waals surface area contributed by atoms with Crippen molar-refractivity contribution in [2.75, 3.05) is 40.6 Å². The molecule has 56 heavy (non-hydrogen) atoms. The number of carbonyl (C=O) groups is 2. The molecule has 0 aliphatic heterocycles. The molecule has 0 saturated heterocycles. The number of esters is 1. The number of ketones is 1. The zero-order chi connectivity index (χ0) is 39.9. The van der Waals surface area contributed by atoms with E-state index in [1.807, 2.05) is 48.5 Å². The van der Waals surface area contributed by atoms with Crippen molar-refractivity contribution in [3.63, 3.8) is 0 Å². The van der Waals surface area contributed by atoms with Crippen LogP contribution in [-0.4, -0.2) is 57.5 Å². The van der Waals surface area contributed by atoms with Crippen LogP contribution in [0, 0.1) is 5.41 Å². The summed E-state index contributed by atoms with van der Waals surface area (Å²) in [6.07, 6.45) is -0.571. The molecule has 0 saturated carbocycles. The Morgan fingerprint density at radius 3 is 1.36 bits per heavy atom. The van der Waals surface area contributed by atoms with Crippen LogP contribution in [0.3, 0.4) is 0 Å². The van der Waals surface area contributed by atoms with E-state index in [2.05, 4.69) is 121 Å². The molecule has 1 aliphatic rings. The van der Waals surface area contributed by atoms with E-state index >= 15 is 0 Å². The Morgan fingerprint density at radius 1 is 0.554 bits per heavy atom. The number of aliphatic hydroxyl groups excluding tert-OH is 1. The van der Waals surface area contributed by atoms with Crippen molar-refractivity contribution >= 4 is 11.8 Å². The van der Waals surface area contributed by atoms with Crippen LogP contribution in [0.5, 0.6) is 0 Å². The number of aliphatic hydroxyl groups is 1. The minimum absolute atomic E-state index is 0.0819. The quantitative estimate of drug-likeness (QED) is 0.0441. The number of ether oxygens (including phenoxy) is 1. The van der Waals surface area contributed by atoms with Crippen LogP contribution in [0.15, 0.2) is 48.5 Å². The Hall–Kier alpha value is -3.50. The lowest BCUT2D eigenvalue weighted by Gasteiger charge is -2.28. The molecule has 1 aliphatic carbocycles. The lowest BCUT2D eigenvalue weighted by Crippen LogP contribution is -2.38. The zero-order valence-electron chi connectivity index (χ0n) is 28.6. The van der Waals surface area contributed by atoms with Gasteiger partial charge in [-0.25, -0.2) is 19.6 Å². The van der Waals surface area contributed by atoms with E-state index in [1.165, 1.54) is 0 Å². The fourth-order valence-corrected chi connectivity index (χ4v) is 4.51. The number of rotatable bonds is 37. The molecular weight excluding hydrogens is 792 g/mol. The third-order valence-electron chi connectivity index (χ3n) is 6.64. The van der Waals surface area contributed by atoms with Gasteiger partial charge in [-0.3, -0.25) is 9.59 Å². The summed E-state index contributed by atoms with van der Waals surface area (Å²) < 4.78 is 5.57. The second-order valence-electron chi connectivity index (χ2n) is 9.99. The molecule has 316 valence electrons. The van der Waals surface area contributed by atoms with Crippen molar-refractivity contribution in [2.45, 2.75) is 31.6 Å². The highest BCUT2D eigenvalue weighted by Crippen LogP contribution is 2.44. The molecule has 0 bridgehead atoms. The third kappa shape index (κ3) is 18.6. The van der Waals surface area contributed by atoms with Crippen molar-refractivity contribution < 1.29 is 150 Å². The van der Waals surface area contributed by atoms with Crippen molar-refractivity contribution in [3.8, 4) is 11.1 Å². The summed E-state index contributed by atoms with van der Waals surface area (Å²) in [6.45, 7) is -2.03. The molecular formula is C26H32O30. The number of Topliss-reactive ketones (excluding diaryl/α,β-unsaturated/α-hetero) is 1. The summed E-state index contributed by atoms with van der Waals surface area (Å²) in [5, 5.41) is 93.7. The Labute approximate surface area is 310 Å². The maximum absolute atomic E-state index is 12.9. The molecule has 0 heterocycles. The Morgan fingerprint density at radius 2 is 0.946 bits per heavy atom. The highest BCUT2D eigenvalue weighted by Gasteiger charge is 2.35. The van der Waals surface area contributed by atoms with Crippen molar-refractivity contribution in [1.82, 2.24) is 0 Å². The summed E-state index contributed by atoms with van der Waals surface area (Å²) >= 11 is 0. The molecule has 0 aromatic heterocycles. The molecule has 0 unspecified atom stereocenters. The van der Waals surface area contributed by atoms with Gasteiger partial charge in [0.05, 0.1) is 39.5 Å². The number of carbonyl (C=O) groups excluding carboxylic acids is 2. The summed E-state index contributed by atoms with van der Waals surface area (Å²) in [4.78, 5) is 43.0. The van der Waals surface area contributed by atoms with Gasteiger partial charge in [-0.1, -0.05) is 48.5 Å². The average Bonchev–Trinajstić information content (AvgIpc) is 3.53. The van der Waals surface area contributed by atoms with Gasteiger partial charge < -0.3 is 9.84 Å². The first-order chi connectivity index (χ1) is 27.5. The summed E-state index contributed by atoms with van der Waals surface area (Å²) in [7, 11) is 2.16. The van der Waals surface area contributed by atoms with E-state index in [0.717, 1.165) is 36.5 Å². The smallest absolute Gasteiger partial charge is 0.305 e. The molecule has 0 fully saturated rings. The Balaban J connectivity index is 1.37. The highest BCUT2D eigenvalue weighted by molar-refractivity contribution is 5.80. The van der Waals surface area contributed by atoms with Gasteiger partial charge >= 0.3 is 5.97 Å². The molecule has 0 atom stereocenters. The monoisotopic (exact) mass is 824 g/mol. The Bertz CT molecular complexity index is 1260. The first-order valence-corrected chi connectivity index (χ1v) is 15.0. The van der Waals surface area contributed by atoms with E-state index in [9.17, 15) is 14.7 Å². The molecule has 2 aromatic carbocycles. The topological polar surface area (TPSA) is 304 Å². The van der Waals surface area contributed by atoms with E-state index in [-0.39, 0.29) is 31.8 Å². The molecule has 2 aromatic rings. The van der Waals surface area contributed by atoms with Crippen molar-refractivity contribution in [3.05, 3.63) is 59.7 Å². The first-order valence-electron chi connectivity index (χ1n) is 15.0. The van der Waals surface area contributed by atoms with Gasteiger partial charge in [0.15, 0.2) is 0 Å². The standard InChI is InChI=1S/C26H32O30/c1-30-35-39-43-47-51-55-53-49-45-41-37-33-17-26(16-27,18-34-38-42-46-50-54-56-52-48-44-40-36-31-2)14-19(28)8-7-13-25(29)32-15-24-22-11-5-3-9-20(22)21-10-4-6-12-23(21)24/h3-6,9-12,24,27H,7-8,13-18H2,1-2H3. The van der Waals surface area contributed by atoms with Crippen LogP contribution >= 0.6 is 0 Å². The molecule has 1 N–H and O–H groups in total. The molecule has 0 spiro atoms. The molecule has 3 rings (SSSR count). The van der Waals surface area contributed by atoms with Crippen LogP contribution in [0.25, 0.3) is 11.1 Å². The van der Waals surface area contributed by atoms with E-state index < -0.39 is 43.4 Å². The predicted octanol–water partition coefficient (Wildman–Crippen LogP) is 2.10. The van der Waals surface area contributed by atoms with Gasteiger partial charge in [0.1, 0.15) is 12.4 Å². The first kappa shape index (κ1) is 46.9. The van der Waals surface area contributed by atoms with Crippen LogP contribution in [0.1, 0.15) is 42.7 Å². The van der Waals surface area contributed by atoms with Crippen molar-refractivity contribution in [2.24, 2.45) is 5.41 Å². The molecule has 30 heteroatoms. The third-order valence-corrected chi connectivity index (χ3v) is 6.64. The minimum atomic E-state index is -1.64. The second kappa shape index (κ2) is 29.7. The van der Waals surface area contributed by atoms with Gasteiger partial charge in [0.2, 0.25) is 0 Å². The maximum atomic E-state index is 12.9. The van der Waals surface area contributed by atoms with E-state index in [1.54, 1.807) is 0 Å². The van der Waals surface area contributed by atoms with Gasteiger partial charge in [-0.15, -0.1) is 0 Å². The number of hydrogen-bond donors (Lipinski definition) is 1. The SMILES string of the molecule is COOOOOOOOOOOOOCC(CO)(COOOOOOOOOOOOOC)CC(=O)CCCC(=O)OCC1c2ccccc2-c2ccccc21. The number of benzene rings is 2. The van der Waals surface area contributed by atoms with Gasteiger partial charge in [0.25, 0.3) is 0 Å². The number of hydrogen-bond acceptors (Lipinski definition) is 30. The normalized spacial score (nSPS) is 12.6. The van der Waals surface area contributed by atoms with Crippen LogP contribution in [0.2, 0.25) is 0 Å². The Kier molecular flexibility index (Phi) is 24.9. The van der Waals surface area contributed by atoms with Crippen LogP contribution in [0.4, 0.5) is 0 Å². The largest absolute Gasteiger partial charge is 0.465 e. The van der Waals surface area contributed by atoms with Gasteiger partial charge in [0, 0.05) is 25.2 Å². The van der Waals surface area contributed by atoms with Gasteiger partial charge in [-0.05, 0) is 140 Å². The fraction of sp³-hybridized carbons (Fsp3) is 0.462. The lowest BCUT2D eigenvalue weighted by atomic mass is 9.84. The van der Waals surface area contributed by atoms with Crippen LogP contribution in [-0.2, 0) is 145 Å². The van der Waals surface area contributed by atoms with E-state index in [4.69, 9.17) is 14.5 Å². The maximum Gasteiger partial charge on any atom is 0.305 e. The summed E-state index contributed by atoms with van der Waals surface area (Å²) in [5.74, 6) is -1.12. The molecule has 0 amide bonds. The van der Waals surface area contributed by atoms with Crippen molar-refractivity contribution in [1.29, 1.82) is 0 Å². The zero-order valence-corrected chi connectivity index (χ0v) is 28.6. The average molecular weight is 825 g/mol. The second-order valence-corrected chi connectivity index (χ2v) is 9.99.